The topological polar surface area (TPSA) is 44.4 Å². The molecule has 0 spiro atoms. The zero-order valence-corrected chi connectivity index (χ0v) is 13.8. The van der Waals surface area contributed by atoms with E-state index in [1.54, 1.807) is 0 Å². The van der Waals surface area contributed by atoms with Crippen LogP contribution in [-0.4, -0.2) is 50.1 Å². The molecule has 1 aliphatic heterocycles. The number of rotatable bonds is 8. The molecule has 1 rings (SSSR count). The van der Waals surface area contributed by atoms with Crippen molar-refractivity contribution < 1.29 is 4.79 Å². The van der Waals surface area contributed by atoms with Crippen LogP contribution in [0.5, 0.6) is 0 Å². The zero-order valence-electron chi connectivity index (χ0n) is 13.8. The van der Waals surface area contributed by atoms with Crippen LogP contribution >= 0.6 is 0 Å². The van der Waals surface area contributed by atoms with E-state index < -0.39 is 0 Å². The minimum Gasteiger partial charge on any atom is -0.356 e. The van der Waals surface area contributed by atoms with Crippen molar-refractivity contribution >= 4 is 5.91 Å². The van der Waals surface area contributed by atoms with E-state index in [0.29, 0.717) is 6.04 Å². The van der Waals surface area contributed by atoms with Crippen LogP contribution in [0.3, 0.4) is 0 Å². The van der Waals surface area contributed by atoms with Gasteiger partial charge < -0.3 is 15.5 Å². The van der Waals surface area contributed by atoms with Crippen LogP contribution in [0.1, 0.15) is 52.9 Å². The van der Waals surface area contributed by atoms with Gasteiger partial charge in [-0.05, 0) is 72.6 Å². The van der Waals surface area contributed by atoms with Gasteiger partial charge in [0.2, 0.25) is 5.91 Å². The first-order valence-electron chi connectivity index (χ1n) is 8.21. The summed E-state index contributed by atoms with van der Waals surface area (Å²) in [6, 6.07) is 0.600. The van der Waals surface area contributed by atoms with Crippen LogP contribution in [-0.2, 0) is 4.79 Å². The van der Waals surface area contributed by atoms with Crippen molar-refractivity contribution in [2.75, 3.05) is 33.2 Å². The second-order valence-corrected chi connectivity index (χ2v) is 6.42. The molecule has 4 nitrogen and oxygen atoms in total. The summed E-state index contributed by atoms with van der Waals surface area (Å²) in [4.78, 5) is 14.8. The average Bonchev–Trinajstić information content (AvgIpc) is 2.46. The summed E-state index contributed by atoms with van der Waals surface area (Å²) < 4.78 is 0. The molecular formula is C16H33N3O. The molecule has 0 aliphatic carbocycles. The highest BCUT2D eigenvalue weighted by molar-refractivity contribution is 5.82. The summed E-state index contributed by atoms with van der Waals surface area (Å²) in [5, 5.41) is 6.50. The lowest BCUT2D eigenvalue weighted by Crippen LogP contribution is -2.47. The Hall–Kier alpha value is -0.610. The minimum atomic E-state index is -0.111. The molecule has 0 radical (unpaired) electrons. The van der Waals surface area contributed by atoms with Gasteiger partial charge >= 0.3 is 0 Å². The maximum atomic E-state index is 12.4. The summed E-state index contributed by atoms with van der Waals surface area (Å²) in [6.07, 6.45) is 5.13. The molecule has 1 heterocycles. The number of nitrogens with zero attached hydrogens (tertiary/aromatic N) is 1. The van der Waals surface area contributed by atoms with Gasteiger partial charge in [0.25, 0.3) is 0 Å². The molecular weight excluding hydrogens is 250 g/mol. The number of hydrogen-bond acceptors (Lipinski definition) is 3. The second-order valence-electron chi connectivity index (χ2n) is 6.42. The number of unbranched alkanes of at least 4 members (excludes halogenated alkanes) is 1. The number of amides is 1. The number of piperidine rings is 1. The molecule has 0 bridgehead atoms. The van der Waals surface area contributed by atoms with Gasteiger partial charge in [-0.15, -0.1) is 0 Å². The van der Waals surface area contributed by atoms with Gasteiger partial charge in [0.1, 0.15) is 0 Å². The number of hydrogen-bond donors (Lipinski definition) is 2. The Morgan fingerprint density at radius 3 is 2.50 bits per heavy atom. The molecule has 4 heteroatoms. The molecule has 0 aromatic carbocycles. The van der Waals surface area contributed by atoms with Gasteiger partial charge in [-0.3, -0.25) is 4.79 Å². The van der Waals surface area contributed by atoms with E-state index in [-0.39, 0.29) is 11.3 Å². The number of carbonyl (C=O) groups is 1. The molecule has 2 N–H and O–H groups in total. The second kappa shape index (κ2) is 8.63. The highest BCUT2D eigenvalue weighted by atomic mass is 16.2. The van der Waals surface area contributed by atoms with Crippen LogP contribution in [0, 0.1) is 5.41 Å². The Bertz CT molecular complexity index is 285. The maximum absolute atomic E-state index is 12.4. The molecule has 1 aliphatic rings. The molecule has 118 valence electrons. The number of nitrogens with one attached hydrogen (secondary N) is 2. The molecule has 0 aromatic rings. The standard InChI is InChI=1S/C16H33N3O/c1-5-16(8-11-17-12-9-16)15(20)18-10-6-7-13-19(4)14(2)3/h14,17H,5-13H2,1-4H3,(H,18,20). The molecule has 0 unspecified atom stereocenters. The fourth-order valence-corrected chi connectivity index (χ4v) is 2.78. The Morgan fingerprint density at radius 1 is 1.30 bits per heavy atom. The van der Waals surface area contributed by atoms with Crippen LogP contribution in [0.4, 0.5) is 0 Å². The lowest BCUT2D eigenvalue weighted by atomic mass is 9.76. The minimum absolute atomic E-state index is 0.111. The van der Waals surface area contributed by atoms with E-state index in [9.17, 15) is 4.79 Å². The number of carbonyl (C=O) groups excluding carboxylic acids is 1. The normalized spacial score (nSPS) is 18.5. The summed E-state index contributed by atoms with van der Waals surface area (Å²) >= 11 is 0. The van der Waals surface area contributed by atoms with Crippen molar-refractivity contribution in [1.82, 2.24) is 15.5 Å². The largest absolute Gasteiger partial charge is 0.356 e. The Balaban J connectivity index is 2.22. The molecule has 1 amide bonds. The van der Waals surface area contributed by atoms with E-state index in [2.05, 4.69) is 43.4 Å². The van der Waals surface area contributed by atoms with E-state index in [4.69, 9.17) is 0 Å². The van der Waals surface area contributed by atoms with Crippen molar-refractivity contribution in [2.45, 2.75) is 58.9 Å². The average molecular weight is 283 g/mol. The van der Waals surface area contributed by atoms with Crippen LogP contribution in [0.2, 0.25) is 0 Å². The smallest absolute Gasteiger partial charge is 0.226 e. The fourth-order valence-electron chi connectivity index (χ4n) is 2.78. The predicted octanol–water partition coefficient (Wildman–Crippen LogP) is 2.00. The maximum Gasteiger partial charge on any atom is 0.226 e. The monoisotopic (exact) mass is 283 g/mol. The van der Waals surface area contributed by atoms with Crippen molar-refractivity contribution in [2.24, 2.45) is 5.41 Å². The van der Waals surface area contributed by atoms with Crippen molar-refractivity contribution in [3.8, 4) is 0 Å². The highest BCUT2D eigenvalue weighted by Crippen LogP contribution is 2.32. The first kappa shape index (κ1) is 17.4. The van der Waals surface area contributed by atoms with Crippen molar-refractivity contribution in [1.29, 1.82) is 0 Å². The van der Waals surface area contributed by atoms with Crippen LogP contribution in [0.25, 0.3) is 0 Å². The summed E-state index contributed by atoms with van der Waals surface area (Å²) in [5.41, 5.74) is -0.111. The molecule has 0 saturated carbocycles. The van der Waals surface area contributed by atoms with E-state index in [1.807, 2.05) is 0 Å². The van der Waals surface area contributed by atoms with Gasteiger partial charge in [-0.1, -0.05) is 6.92 Å². The molecule has 0 atom stereocenters. The third kappa shape index (κ3) is 5.06. The van der Waals surface area contributed by atoms with Crippen molar-refractivity contribution in [3.05, 3.63) is 0 Å². The van der Waals surface area contributed by atoms with Gasteiger partial charge in [-0.2, -0.15) is 0 Å². The molecule has 1 fully saturated rings. The molecule has 20 heavy (non-hydrogen) atoms. The fraction of sp³-hybridized carbons (Fsp3) is 0.938. The first-order chi connectivity index (χ1) is 9.52. The SMILES string of the molecule is CCC1(C(=O)NCCCCN(C)C(C)C)CCNCC1. The zero-order chi connectivity index (χ0) is 15.0. The third-order valence-electron chi connectivity index (χ3n) is 4.82. The predicted molar refractivity (Wildman–Crippen MR) is 84.8 cm³/mol. The van der Waals surface area contributed by atoms with Gasteiger partial charge in [0.05, 0.1) is 5.41 Å². The van der Waals surface area contributed by atoms with E-state index >= 15 is 0 Å². The molecule has 1 saturated heterocycles. The Morgan fingerprint density at radius 2 is 1.95 bits per heavy atom. The first-order valence-corrected chi connectivity index (χ1v) is 8.21. The van der Waals surface area contributed by atoms with E-state index in [1.165, 1.54) is 0 Å². The molecule has 0 aromatic heterocycles. The van der Waals surface area contributed by atoms with Gasteiger partial charge in [0, 0.05) is 12.6 Å². The summed E-state index contributed by atoms with van der Waals surface area (Å²) in [7, 11) is 2.16. The quantitative estimate of drug-likeness (QED) is 0.670. The highest BCUT2D eigenvalue weighted by Gasteiger charge is 2.37. The summed E-state index contributed by atoms with van der Waals surface area (Å²) in [6.45, 7) is 10.4. The van der Waals surface area contributed by atoms with Gasteiger partial charge in [0.15, 0.2) is 0 Å². The third-order valence-corrected chi connectivity index (χ3v) is 4.82. The van der Waals surface area contributed by atoms with Crippen LogP contribution < -0.4 is 10.6 Å². The van der Waals surface area contributed by atoms with Crippen molar-refractivity contribution in [3.63, 3.8) is 0 Å². The lowest BCUT2D eigenvalue weighted by molar-refractivity contribution is -0.132. The Kier molecular flexibility index (Phi) is 7.52. The lowest BCUT2D eigenvalue weighted by Gasteiger charge is -2.35. The summed E-state index contributed by atoms with van der Waals surface area (Å²) in [5.74, 6) is 0.277. The van der Waals surface area contributed by atoms with Crippen LogP contribution in [0.15, 0.2) is 0 Å². The van der Waals surface area contributed by atoms with Gasteiger partial charge in [-0.25, -0.2) is 0 Å². The van der Waals surface area contributed by atoms with E-state index in [0.717, 1.165) is 58.3 Å². The Labute approximate surface area is 124 Å².